The first-order valence-corrected chi connectivity index (χ1v) is 9.08. The number of hydrogen-bond donors (Lipinski definition) is 1. The number of carbonyl (C=O) groups is 1. The number of likely N-dealkylation sites (N-methyl/N-ethyl adjacent to an activating group) is 1. The first kappa shape index (κ1) is 16.4. The van der Waals surface area contributed by atoms with E-state index in [1.807, 2.05) is 19.4 Å². The lowest BCUT2D eigenvalue weighted by Gasteiger charge is -2.63. The highest BCUT2D eigenvalue weighted by atomic mass is 32.1. The molecule has 1 N–H and O–H groups in total. The second-order valence-electron chi connectivity index (χ2n) is 6.52. The lowest BCUT2D eigenvalue weighted by atomic mass is 9.50. The maximum atomic E-state index is 12.3. The van der Waals surface area contributed by atoms with E-state index in [0.717, 1.165) is 13.0 Å². The van der Waals surface area contributed by atoms with Crippen molar-refractivity contribution in [2.24, 2.45) is 5.41 Å². The second-order valence-corrected chi connectivity index (χ2v) is 7.44. The van der Waals surface area contributed by atoms with E-state index in [1.54, 1.807) is 6.07 Å². The minimum Gasteiger partial charge on any atom is -0.378 e. The molecule has 2 atom stereocenters. The Morgan fingerprint density at radius 2 is 2.39 bits per heavy atom. The summed E-state index contributed by atoms with van der Waals surface area (Å²) in [7, 11) is 2.02. The monoisotopic (exact) mass is 333 g/mol. The fourth-order valence-electron chi connectivity index (χ4n) is 4.02. The van der Waals surface area contributed by atoms with Crippen molar-refractivity contribution in [1.82, 2.24) is 4.90 Å². The fourth-order valence-corrected chi connectivity index (χ4v) is 4.77. The van der Waals surface area contributed by atoms with E-state index in [-0.39, 0.29) is 11.3 Å². The molecule has 1 spiro atoms. The Balaban J connectivity index is 1.56. The predicted octanol–water partition coefficient (Wildman–Crippen LogP) is 2.84. The Bertz CT molecular complexity index is 618. The molecule has 1 amide bonds. The van der Waals surface area contributed by atoms with Crippen molar-refractivity contribution in [3.8, 4) is 6.07 Å². The topological polar surface area (TPSA) is 65.4 Å². The summed E-state index contributed by atoms with van der Waals surface area (Å²) in [5, 5.41) is 14.3. The molecule has 2 aliphatic carbocycles. The van der Waals surface area contributed by atoms with Crippen LogP contribution in [-0.2, 0) is 9.53 Å². The van der Waals surface area contributed by atoms with E-state index in [1.165, 1.54) is 30.6 Å². The molecular weight excluding hydrogens is 310 g/mol. The molecule has 2 aliphatic rings. The van der Waals surface area contributed by atoms with Gasteiger partial charge in [-0.25, -0.2) is 0 Å². The number of nitrogens with one attached hydrogen (secondary N) is 1. The average molecular weight is 333 g/mol. The van der Waals surface area contributed by atoms with Gasteiger partial charge in [-0.1, -0.05) is 6.42 Å². The van der Waals surface area contributed by atoms with Gasteiger partial charge in [0.2, 0.25) is 5.91 Å². The van der Waals surface area contributed by atoms with Gasteiger partial charge in [0, 0.05) is 18.1 Å². The van der Waals surface area contributed by atoms with Gasteiger partial charge in [0.15, 0.2) is 0 Å². The maximum absolute atomic E-state index is 12.3. The van der Waals surface area contributed by atoms with Crippen LogP contribution in [0.25, 0.3) is 0 Å². The van der Waals surface area contributed by atoms with Crippen LogP contribution in [0.4, 0.5) is 5.00 Å². The minimum atomic E-state index is -0.0548. The zero-order chi connectivity index (χ0) is 16.4. The molecule has 0 bridgehead atoms. The van der Waals surface area contributed by atoms with Crippen LogP contribution in [0.2, 0.25) is 0 Å². The molecule has 2 fully saturated rings. The Hall–Kier alpha value is -1.42. The van der Waals surface area contributed by atoms with Crippen LogP contribution in [0.5, 0.6) is 0 Å². The molecule has 0 unspecified atom stereocenters. The van der Waals surface area contributed by atoms with E-state index in [4.69, 9.17) is 10.00 Å². The van der Waals surface area contributed by atoms with E-state index >= 15 is 0 Å². The third-order valence-corrected chi connectivity index (χ3v) is 6.19. The van der Waals surface area contributed by atoms with Crippen LogP contribution in [0.15, 0.2) is 11.4 Å². The lowest BCUT2D eigenvalue weighted by Crippen LogP contribution is -2.67. The molecule has 1 aromatic heterocycles. The Morgan fingerprint density at radius 1 is 1.61 bits per heavy atom. The third kappa shape index (κ3) is 2.89. The van der Waals surface area contributed by atoms with Crippen molar-refractivity contribution in [2.75, 3.05) is 25.5 Å². The van der Waals surface area contributed by atoms with Crippen LogP contribution in [0.3, 0.4) is 0 Å². The third-order valence-electron chi connectivity index (χ3n) is 5.36. The highest BCUT2D eigenvalue weighted by molar-refractivity contribution is 7.14. The molecule has 0 radical (unpaired) electrons. The van der Waals surface area contributed by atoms with Gasteiger partial charge in [0.05, 0.1) is 18.2 Å². The molecule has 3 rings (SSSR count). The maximum Gasteiger partial charge on any atom is 0.239 e. The molecular formula is C17H23N3O2S. The number of nitriles is 1. The Morgan fingerprint density at radius 3 is 3.00 bits per heavy atom. The lowest BCUT2D eigenvalue weighted by molar-refractivity contribution is -0.199. The van der Waals surface area contributed by atoms with E-state index < -0.39 is 0 Å². The number of amides is 1. The summed E-state index contributed by atoms with van der Waals surface area (Å²) in [4.78, 5) is 14.4. The number of anilines is 1. The number of ether oxygens (including phenoxy) is 1. The second kappa shape index (κ2) is 6.60. The molecule has 5 nitrogen and oxygen atoms in total. The average Bonchev–Trinajstić information content (AvgIpc) is 2.88. The fraction of sp³-hybridized carbons (Fsp3) is 0.647. The molecule has 0 saturated heterocycles. The number of carbonyl (C=O) groups excluding carboxylic acids is 1. The summed E-state index contributed by atoms with van der Waals surface area (Å²) in [6.45, 7) is 3.16. The van der Waals surface area contributed by atoms with Crippen LogP contribution in [-0.4, -0.2) is 43.2 Å². The van der Waals surface area contributed by atoms with Gasteiger partial charge in [-0.2, -0.15) is 5.26 Å². The van der Waals surface area contributed by atoms with Crippen molar-refractivity contribution >= 4 is 22.2 Å². The van der Waals surface area contributed by atoms with Crippen LogP contribution >= 0.6 is 11.3 Å². The molecule has 1 heterocycles. The van der Waals surface area contributed by atoms with Gasteiger partial charge in [-0.3, -0.25) is 9.69 Å². The van der Waals surface area contributed by atoms with Crippen LogP contribution in [0, 0.1) is 16.7 Å². The van der Waals surface area contributed by atoms with E-state index in [9.17, 15) is 4.79 Å². The van der Waals surface area contributed by atoms with Crippen LogP contribution in [0.1, 0.15) is 38.2 Å². The number of nitrogens with zero attached hydrogens (tertiary/aromatic N) is 2. The van der Waals surface area contributed by atoms with Crippen molar-refractivity contribution in [3.63, 3.8) is 0 Å². The first-order valence-electron chi connectivity index (χ1n) is 8.20. The van der Waals surface area contributed by atoms with Gasteiger partial charge in [0.1, 0.15) is 11.1 Å². The quantitative estimate of drug-likeness (QED) is 0.869. The Labute approximate surface area is 141 Å². The first-order chi connectivity index (χ1) is 11.1. The highest BCUT2D eigenvalue weighted by Crippen LogP contribution is 2.58. The Kier molecular flexibility index (Phi) is 4.72. The predicted molar refractivity (Wildman–Crippen MR) is 90.4 cm³/mol. The SMILES string of the molecule is CCO[C@@H]1C[C@H](N(C)CC(=O)Nc2sccc2C#N)C12CCC2. The molecule has 0 aliphatic heterocycles. The van der Waals surface area contributed by atoms with Crippen LogP contribution < -0.4 is 5.32 Å². The number of thiophene rings is 1. The largest absolute Gasteiger partial charge is 0.378 e. The van der Waals surface area contributed by atoms with Gasteiger partial charge in [-0.05, 0) is 44.7 Å². The van der Waals surface area contributed by atoms with Gasteiger partial charge < -0.3 is 10.1 Å². The van der Waals surface area contributed by atoms with E-state index in [2.05, 4.69) is 16.3 Å². The van der Waals surface area contributed by atoms with Crippen molar-refractivity contribution in [1.29, 1.82) is 5.26 Å². The van der Waals surface area contributed by atoms with Crippen molar-refractivity contribution in [2.45, 2.75) is 44.8 Å². The molecule has 0 aromatic carbocycles. The summed E-state index contributed by atoms with van der Waals surface area (Å²) in [6.07, 6.45) is 5.05. The molecule has 23 heavy (non-hydrogen) atoms. The molecule has 124 valence electrons. The summed E-state index contributed by atoms with van der Waals surface area (Å²) in [5.41, 5.74) is 0.799. The highest BCUT2D eigenvalue weighted by Gasteiger charge is 2.60. The van der Waals surface area contributed by atoms with Gasteiger partial charge in [0.25, 0.3) is 0 Å². The summed E-state index contributed by atoms with van der Waals surface area (Å²) < 4.78 is 5.87. The number of rotatable bonds is 6. The van der Waals surface area contributed by atoms with Crippen molar-refractivity contribution in [3.05, 3.63) is 17.0 Å². The zero-order valence-electron chi connectivity index (χ0n) is 13.7. The van der Waals surface area contributed by atoms with Crippen molar-refractivity contribution < 1.29 is 9.53 Å². The van der Waals surface area contributed by atoms with E-state index in [0.29, 0.717) is 29.3 Å². The zero-order valence-corrected chi connectivity index (χ0v) is 14.5. The standard InChI is InChI=1S/C17H23N3O2S/c1-3-22-14-9-13(17(14)6-4-7-17)20(2)11-15(21)19-16-12(10-18)5-8-23-16/h5,8,13-14H,3-4,6-7,9,11H2,1-2H3,(H,19,21)/t13-,14+/m0/s1. The molecule has 6 heteroatoms. The normalized spacial score (nSPS) is 24.8. The summed E-state index contributed by atoms with van der Waals surface area (Å²) in [5.74, 6) is -0.0548. The number of hydrogen-bond acceptors (Lipinski definition) is 5. The van der Waals surface area contributed by atoms with Gasteiger partial charge >= 0.3 is 0 Å². The van der Waals surface area contributed by atoms with Gasteiger partial charge in [-0.15, -0.1) is 11.3 Å². The summed E-state index contributed by atoms with van der Waals surface area (Å²) in [6, 6.07) is 4.25. The molecule has 1 aromatic rings. The summed E-state index contributed by atoms with van der Waals surface area (Å²) >= 11 is 1.39. The molecule has 2 saturated carbocycles. The smallest absolute Gasteiger partial charge is 0.239 e. The minimum absolute atomic E-state index is 0.0548.